The van der Waals surface area contributed by atoms with Crippen LogP contribution in [0.15, 0.2) is 46.2 Å². The number of rotatable bonds is 4. The number of primary sulfonamides is 1. The summed E-state index contributed by atoms with van der Waals surface area (Å²) < 4.78 is 41.9. The minimum Gasteiger partial charge on any atom is -0.465 e. The number of esters is 1. The van der Waals surface area contributed by atoms with Crippen LogP contribution < -0.4 is 10.5 Å². The van der Waals surface area contributed by atoms with Crippen LogP contribution in [0, 0.1) is 5.82 Å². The lowest BCUT2D eigenvalue weighted by molar-refractivity contribution is 0.0601. The molecule has 0 bridgehead atoms. The molecule has 6 nitrogen and oxygen atoms in total. The van der Waals surface area contributed by atoms with Crippen LogP contribution in [0.5, 0.6) is 0 Å². The molecular formula is C17H17FN2O4S2. The molecule has 0 amide bonds. The first-order valence-corrected chi connectivity index (χ1v) is 10.3. The van der Waals surface area contributed by atoms with E-state index in [4.69, 9.17) is 9.88 Å². The second-order valence-corrected chi connectivity index (χ2v) is 8.40. The van der Waals surface area contributed by atoms with Gasteiger partial charge in [0, 0.05) is 16.3 Å². The Balaban J connectivity index is 2.01. The fourth-order valence-corrected chi connectivity index (χ4v) is 4.51. The van der Waals surface area contributed by atoms with Gasteiger partial charge in [0.25, 0.3) is 0 Å². The van der Waals surface area contributed by atoms with E-state index < -0.39 is 16.0 Å². The molecule has 0 fully saturated rings. The molecule has 0 saturated carbocycles. The monoisotopic (exact) mass is 396 g/mol. The first kappa shape index (κ1) is 18.7. The number of methoxy groups -OCH3 is 1. The van der Waals surface area contributed by atoms with Crippen LogP contribution in [0.1, 0.15) is 28.4 Å². The zero-order valence-corrected chi connectivity index (χ0v) is 15.5. The van der Waals surface area contributed by atoms with E-state index in [1.807, 2.05) is 6.07 Å². The van der Waals surface area contributed by atoms with Gasteiger partial charge in [0.1, 0.15) is 5.82 Å². The lowest BCUT2D eigenvalue weighted by Gasteiger charge is -2.27. The standard InChI is InChI=1S/C17H17FN2O4S2/c1-24-17(21)12-9-10(26(19,22)23)5-6-14(12)20-15-7-8-25-16-11(15)3-2-4-13(16)18/h2-6,9,15,20H,7-8H2,1H3,(H2,19,22,23)/t15-/m1/s1. The van der Waals surface area contributed by atoms with Gasteiger partial charge in [0.2, 0.25) is 10.0 Å². The molecule has 2 aromatic rings. The Kier molecular flexibility index (Phi) is 5.22. The SMILES string of the molecule is COC(=O)c1cc(S(N)(=O)=O)ccc1N[C@@H]1CCSc2c(F)cccc21. The summed E-state index contributed by atoms with van der Waals surface area (Å²) in [5, 5.41) is 8.35. The maximum atomic E-state index is 14.0. The van der Waals surface area contributed by atoms with Gasteiger partial charge in [-0.2, -0.15) is 0 Å². The number of thioether (sulfide) groups is 1. The van der Waals surface area contributed by atoms with E-state index in [-0.39, 0.29) is 22.3 Å². The molecule has 3 rings (SSSR count). The van der Waals surface area contributed by atoms with Crippen LogP contribution in [-0.4, -0.2) is 27.2 Å². The topological polar surface area (TPSA) is 98.5 Å². The number of carbonyl (C=O) groups is 1. The first-order chi connectivity index (χ1) is 12.3. The average Bonchev–Trinajstić information content (AvgIpc) is 2.61. The Bertz CT molecular complexity index is 963. The van der Waals surface area contributed by atoms with E-state index in [0.29, 0.717) is 16.3 Å². The lowest BCUT2D eigenvalue weighted by atomic mass is 10.0. The number of hydrogen-bond donors (Lipinski definition) is 2. The van der Waals surface area contributed by atoms with Gasteiger partial charge in [-0.05, 0) is 36.2 Å². The van der Waals surface area contributed by atoms with Crippen LogP contribution >= 0.6 is 11.8 Å². The Hall–Kier alpha value is -2.10. The summed E-state index contributed by atoms with van der Waals surface area (Å²) in [6.07, 6.45) is 0.721. The Labute approximate surface area is 155 Å². The number of nitrogens with two attached hydrogens (primary N) is 1. The molecule has 0 saturated heterocycles. The summed E-state index contributed by atoms with van der Waals surface area (Å²) >= 11 is 1.45. The molecule has 1 aliphatic heterocycles. The predicted molar refractivity (Wildman–Crippen MR) is 97.3 cm³/mol. The number of sulfonamides is 1. The third-order valence-corrected chi connectivity index (χ3v) is 6.15. The molecule has 0 aliphatic carbocycles. The molecule has 0 radical (unpaired) electrons. The van der Waals surface area contributed by atoms with Crippen molar-refractivity contribution in [2.75, 3.05) is 18.2 Å². The largest absolute Gasteiger partial charge is 0.465 e. The fourth-order valence-electron chi connectivity index (χ4n) is 2.83. The minimum atomic E-state index is -3.96. The molecule has 138 valence electrons. The summed E-state index contributed by atoms with van der Waals surface area (Å²) in [6.45, 7) is 0. The minimum absolute atomic E-state index is 0.0511. The Morgan fingerprint density at radius 1 is 1.35 bits per heavy atom. The highest BCUT2D eigenvalue weighted by molar-refractivity contribution is 7.99. The van der Waals surface area contributed by atoms with Crippen LogP contribution in [0.25, 0.3) is 0 Å². The molecule has 1 heterocycles. The zero-order valence-electron chi connectivity index (χ0n) is 13.9. The fraction of sp³-hybridized carbons (Fsp3) is 0.235. The van der Waals surface area contributed by atoms with Crippen molar-refractivity contribution < 1.29 is 22.3 Å². The highest BCUT2D eigenvalue weighted by Gasteiger charge is 2.25. The van der Waals surface area contributed by atoms with Crippen molar-refractivity contribution in [2.24, 2.45) is 5.14 Å². The smallest absolute Gasteiger partial charge is 0.340 e. The Morgan fingerprint density at radius 3 is 2.81 bits per heavy atom. The molecule has 0 unspecified atom stereocenters. The van der Waals surface area contributed by atoms with Gasteiger partial charge in [0.15, 0.2) is 0 Å². The van der Waals surface area contributed by atoms with Gasteiger partial charge in [-0.1, -0.05) is 12.1 Å². The van der Waals surface area contributed by atoms with E-state index in [0.717, 1.165) is 12.0 Å². The van der Waals surface area contributed by atoms with Gasteiger partial charge in [-0.15, -0.1) is 11.8 Å². The highest BCUT2D eigenvalue weighted by Crippen LogP contribution is 2.40. The predicted octanol–water partition coefficient (Wildman–Crippen LogP) is 2.91. The van der Waals surface area contributed by atoms with Gasteiger partial charge in [-0.25, -0.2) is 22.7 Å². The summed E-state index contributed by atoms with van der Waals surface area (Å²) in [6, 6.07) is 8.62. The summed E-state index contributed by atoms with van der Waals surface area (Å²) in [4.78, 5) is 12.5. The van der Waals surface area contributed by atoms with Crippen molar-refractivity contribution in [1.82, 2.24) is 0 Å². The van der Waals surface area contributed by atoms with E-state index in [1.54, 1.807) is 6.07 Å². The zero-order chi connectivity index (χ0) is 18.9. The number of benzene rings is 2. The van der Waals surface area contributed by atoms with E-state index in [2.05, 4.69) is 5.32 Å². The van der Waals surface area contributed by atoms with Crippen LogP contribution in [0.4, 0.5) is 10.1 Å². The summed E-state index contributed by atoms with van der Waals surface area (Å²) in [5.74, 6) is -0.256. The van der Waals surface area contributed by atoms with Crippen molar-refractivity contribution >= 4 is 33.4 Å². The normalized spacial score (nSPS) is 16.7. The summed E-state index contributed by atoms with van der Waals surface area (Å²) in [5.41, 5.74) is 1.25. The van der Waals surface area contributed by atoms with Gasteiger partial charge in [0.05, 0.1) is 23.6 Å². The average molecular weight is 396 g/mol. The van der Waals surface area contributed by atoms with Crippen molar-refractivity contribution in [3.8, 4) is 0 Å². The number of carbonyl (C=O) groups excluding carboxylic acids is 1. The van der Waals surface area contributed by atoms with Gasteiger partial charge < -0.3 is 10.1 Å². The number of anilines is 1. The van der Waals surface area contributed by atoms with Crippen LogP contribution in [-0.2, 0) is 14.8 Å². The number of halogens is 1. The summed E-state index contributed by atoms with van der Waals surface area (Å²) in [7, 11) is -2.75. The van der Waals surface area contributed by atoms with Crippen molar-refractivity contribution in [3.63, 3.8) is 0 Å². The highest BCUT2D eigenvalue weighted by atomic mass is 32.2. The van der Waals surface area contributed by atoms with Crippen LogP contribution in [0.3, 0.4) is 0 Å². The molecule has 9 heteroatoms. The van der Waals surface area contributed by atoms with Crippen LogP contribution in [0.2, 0.25) is 0 Å². The molecule has 0 aromatic heterocycles. The maximum absolute atomic E-state index is 14.0. The molecule has 1 aliphatic rings. The molecule has 1 atom stereocenters. The number of nitrogens with one attached hydrogen (secondary N) is 1. The molecule has 26 heavy (non-hydrogen) atoms. The number of hydrogen-bond acceptors (Lipinski definition) is 6. The maximum Gasteiger partial charge on any atom is 0.340 e. The Morgan fingerprint density at radius 2 is 2.12 bits per heavy atom. The first-order valence-electron chi connectivity index (χ1n) is 7.74. The molecule has 2 aromatic carbocycles. The quantitative estimate of drug-likeness (QED) is 0.771. The lowest BCUT2D eigenvalue weighted by Crippen LogP contribution is -2.19. The number of ether oxygens (including phenoxy) is 1. The van der Waals surface area contributed by atoms with E-state index in [1.165, 1.54) is 43.1 Å². The van der Waals surface area contributed by atoms with Crippen molar-refractivity contribution in [2.45, 2.75) is 22.3 Å². The molecular weight excluding hydrogens is 379 g/mol. The molecule has 0 spiro atoms. The molecule has 3 N–H and O–H groups in total. The van der Waals surface area contributed by atoms with Crippen molar-refractivity contribution in [3.05, 3.63) is 53.3 Å². The van der Waals surface area contributed by atoms with Crippen molar-refractivity contribution in [1.29, 1.82) is 0 Å². The third kappa shape index (κ3) is 3.69. The van der Waals surface area contributed by atoms with Gasteiger partial charge >= 0.3 is 5.97 Å². The third-order valence-electron chi connectivity index (χ3n) is 4.08. The van der Waals surface area contributed by atoms with E-state index >= 15 is 0 Å². The number of fused-ring (bicyclic) bond motifs is 1. The second kappa shape index (κ2) is 7.26. The van der Waals surface area contributed by atoms with Gasteiger partial charge in [-0.3, -0.25) is 0 Å². The second-order valence-electron chi connectivity index (χ2n) is 5.74. The van der Waals surface area contributed by atoms with E-state index in [9.17, 15) is 17.6 Å².